The first kappa shape index (κ1) is 12.9. The van der Waals surface area contributed by atoms with Gasteiger partial charge in [0.15, 0.2) is 6.29 Å². The van der Waals surface area contributed by atoms with Gasteiger partial charge in [-0.15, -0.1) is 0 Å². The Morgan fingerprint density at radius 1 is 1.47 bits per heavy atom. The first-order chi connectivity index (χ1) is 8.19. The Bertz CT molecular complexity index is 486. The van der Waals surface area contributed by atoms with Crippen molar-refractivity contribution in [3.05, 3.63) is 34.4 Å². The third kappa shape index (κ3) is 2.51. The van der Waals surface area contributed by atoms with Gasteiger partial charge in [0.1, 0.15) is 6.07 Å². The monoisotopic (exact) mass is 231 g/mol. The van der Waals surface area contributed by atoms with Crippen LogP contribution in [0.4, 0.5) is 0 Å². The van der Waals surface area contributed by atoms with Gasteiger partial charge in [-0.1, -0.05) is 19.1 Å². The highest BCUT2D eigenvalue weighted by Gasteiger charge is 2.19. The van der Waals surface area contributed by atoms with Gasteiger partial charge in [-0.2, -0.15) is 5.26 Å². The Morgan fingerprint density at radius 3 is 2.65 bits per heavy atom. The molecule has 88 valence electrons. The molecule has 4 heteroatoms. The van der Waals surface area contributed by atoms with E-state index in [1.54, 1.807) is 19.1 Å². The fourth-order valence-electron chi connectivity index (χ4n) is 1.61. The molecule has 0 unspecified atom stereocenters. The molecule has 4 nitrogen and oxygen atoms in total. The van der Waals surface area contributed by atoms with Gasteiger partial charge in [0.2, 0.25) is 0 Å². The SMILES string of the molecule is CCOC(=O)c1c(C=O)ccc(CC)c1C#N. The van der Waals surface area contributed by atoms with Crippen LogP contribution in [0.25, 0.3) is 0 Å². The highest BCUT2D eigenvalue weighted by Crippen LogP contribution is 2.19. The molecule has 0 N–H and O–H groups in total. The van der Waals surface area contributed by atoms with Crippen LogP contribution in [0.1, 0.15) is 45.7 Å². The van der Waals surface area contributed by atoms with Crippen LogP contribution in [0.3, 0.4) is 0 Å². The summed E-state index contributed by atoms with van der Waals surface area (Å²) in [5, 5.41) is 9.09. The zero-order chi connectivity index (χ0) is 12.8. The van der Waals surface area contributed by atoms with Crippen molar-refractivity contribution < 1.29 is 14.3 Å². The molecular weight excluding hydrogens is 218 g/mol. The van der Waals surface area contributed by atoms with Crippen LogP contribution in [0.5, 0.6) is 0 Å². The van der Waals surface area contributed by atoms with Crippen LogP contribution < -0.4 is 0 Å². The number of aryl methyl sites for hydroxylation is 1. The van der Waals surface area contributed by atoms with Gasteiger partial charge in [0.25, 0.3) is 0 Å². The average molecular weight is 231 g/mol. The Balaban J connectivity index is 3.46. The van der Waals surface area contributed by atoms with Gasteiger partial charge in [-0.3, -0.25) is 4.79 Å². The number of aldehydes is 1. The van der Waals surface area contributed by atoms with Gasteiger partial charge in [0.05, 0.1) is 17.7 Å². The minimum Gasteiger partial charge on any atom is -0.462 e. The van der Waals surface area contributed by atoms with Gasteiger partial charge in [0, 0.05) is 5.56 Å². The lowest BCUT2D eigenvalue weighted by Crippen LogP contribution is -2.12. The van der Waals surface area contributed by atoms with Crippen molar-refractivity contribution in [3.8, 4) is 6.07 Å². The molecule has 0 radical (unpaired) electrons. The summed E-state index contributed by atoms with van der Waals surface area (Å²) in [6, 6.07) is 5.20. The lowest BCUT2D eigenvalue weighted by molar-refractivity contribution is 0.0523. The van der Waals surface area contributed by atoms with Crippen molar-refractivity contribution >= 4 is 12.3 Å². The summed E-state index contributed by atoms with van der Waals surface area (Å²) in [7, 11) is 0. The van der Waals surface area contributed by atoms with Crippen molar-refractivity contribution in [2.75, 3.05) is 6.61 Å². The maximum absolute atomic E-state index is 11.7. The smallest absolute Gasteiger partial charge is 0.340 e. The van der Waals surface area contributed by atoms with E-state index in [0.717, 1.165) is 5.56 Å². The number of ether oxygens (including phenoxy) is 1. The van der Waals surface area contributed by atoms with E-state index in [1.165, 1.54) is 0 Å². The van der Waals surface area contributed by atoms with E-state index in [4.69, 9.17) is 10.00 Å². The zero-order valence-electron chi connectivity index (χ0n) is 9.82. The Kier molecular flexibility index (Phi) is 4.41. The van der Waals surface area contributed by atoms with E-state index in [1.807, 2.05) is 13.0 Å². The van der Waals surface area contributed by atoms with Gasteiger partial charge < -0.3 is 4.74 Å². The van der Waals surface area contributed by atoms with E-state index in [9.17, 15) is 9.59 Å². The number of hydrogen-bond donors (Lipinski definition) is 0. The summed E-state index contributed by atoms with van der Waals surface area (Å²) >= 11 is 0. The molecule has 0 spiro atoms. The van der Waals surface area contributed by atoms with Crippen LogP contribution in [0, 0.1) is 11.3 Å². The van der Waals surface area contributed by atoms with Gasteiger partial charge >= 0.3 is 5.97 Å². The molecule has 0 atom stereocenters. The first-order valence-electron chi connectivity index (χ1n) is 5.37. The van der Waals surface area contributed by atoms with Gasteiger partial charge in [-0.05, 0) is 18.9 Å². The summed E-state index contributed by atoms with van der Waals surface area (Å²) in [4.78, 5) is 22.6. The van der Waals surface area contributed by atoms with Crippen molar-refractivity contribution in [3.63, 3.8) is 0 Å². The van der Waals surface area contributed by atoms with Crippen molar-refractivity contribution in [2.24, 2.45) is 0 Å². The zero-order valence-corrected chi connectivity index (χ0v) is 9.82. The summed E-state index contributed by atoms with van der Waals surface area (Å²) in [6.45, 7) is 3.76. The Morgan fingerprint density at radius 2 is 2.18 bits per heavy atom. The van der Waals surface area contributed by atoms with Crippen molar-refractivity contribution in [1.29, 1.82) is 5.26 Å². The van der Waals surface area contributed by atoms with Crippen LogP contribution >= 0.6 is 0 Å². The van der Waals surface area contributed by atoms with E-state index >= 15 is 0 Å². The second-order valence-corrected chi connectivity index (χ2v) is 3.37. The van der Waals surface area contributed by atoms with Crippen LogP contribution in [-0.2, 0) is 11.2 Å². The lowest BCUT2D eigenvalue weighted by Gasteiger charge is -2.09. The third-order valence-corrected chi connectivity index (χ3v) is 2.42. The maximum Gasteiger partial charge on any atom is 0.340 e. The van der Waals surface area contributed by atoms with Crippen LogP contribution in [-0.4, -0.2) is 18.9 Å². The number of hydrogen-bond acceptors (Lipinski definition) is 4. The quantitative estimate of drug-likeness (QED) is 0.588. The molecule has 0 aliphatic rings. The second kappa shape index (κ2) is 5.80. The third-order valence-electron chi connectivity index (χ3n) is 2.42. The second-order valence-electron chi connectivity index (χ2n) is 3.37. The number of benzene rings is 1. The van der Waals surface area contributed by atoms with Crippen molar-refractivity contribution in [1.82, 2.24) is 0 Å². The molecule has 0 saturated heterocycles. The Labute approximate surface area is 99.8 Å². The highest BCUT2D eigenvalue weighted by molar-refractivity contribution is 6.00. The van der Waals surface area contributed by atoms with E-state index in [0.29, 0.717) is 12.7 Å². The summed E-state index contributed by atoms with van der Waals surface area (Å²) in [6.07, 6.45) is 1.18. The van der Waals surface area contributed by atoms with E-state index < -0.39 is 5.97 Å². The molecule has 17 heavy (non-hydrogen) atoms. The molecule has 1 aromatic rings. The van der Waals surface area contributed by atoms with Crippen LogP contribution in [0.2, 0.25) is 0 Å². The Hall–Kier alpha value is -2.15. The molecule has 0 fully saturated rings. The summed E-state index contributed by atoms with van der Waals surface area (Å²) in [5.74, 6) is -0.624. The maximum atomic E-state index is 11.7. The highest BCUT2D eigenvalue weighted by atomic mass is 16.5. The fraction of sp³-hybridized carbons (Fsp3) is 0.308. The largest absolute Gasteiger partial charge is 0.462 e. The molecular formula is C13H13NO3. The van der Waals surface area contributed by atoms with E-state index in [-0.39, 0.29) is 23.3 Å². The predicted molar refractivity (Wildman–Crippen MR) is 61.9 cm³/mol. The topological polar surface area (TPSA) is 67.2 Å². The summed E-state index contributed by atoms with van der Waals surface area (Å²) in [5.41, 5.74) is 1.23. The first-order valence-corrected chi connectivity index (χ1v) is 5.37. The molecule has 0 amide bonds. The van der Waals surface area contributed by atoms with Crippen LogP contribution in [0.15, 0.2) is 12.1 Å². The molecule has 0 bridgehead atoms. The number of rotatable bonds is 4. The standard InChI is InChI=1S/C13H13NO3/c1-3-9-5-6-10(8-15)12(11(9)7-14)13(16)17-4-2/h5-6,8H,3-4H2,1-2H3. The molecule has 0 aliphatic carbocycles. The fourth-order valence-corrected chi connectivity index (χ4v) is 1.61. The molecule has 1 aromatic carbocycles. The number of nitriles is 1. The molecule has 0 aromatic heterocycles. The minimum atomic E-state index is -0.624. The predicted octanol–water partition coefficient (Wildman–Crippen LogP) is 2.11. The van der Waals surface area contributed by atoms with Gasteiger partial charge in [-0.25, -0.2) is 4.79 Å². The number of carbonyl (C=O) groups excluding carboxylic acids is 2. The number of esters is 1. The molecule has 0 aliphatic heterocycles. The van der Waals surface area contributed by atoms with Crippen molar-refractivity contribution in [2.45, 2.75) is 20.3 Å². The minimum absolute atomic E-state index is 0.0729. The lowest BCUT2D eigenvalue weighted by atomic mass is 9.96. The number of carbonyl (C=O) groups is 2. The molecule has 0 heterocycles. The summed E-state index contributed by atoms with van der Waals surface area (Å²) < 4.78 is 4.86. The number of nitrogens with zero attached hydrogens (tertiary/aromatic N) is 1. The molecule has 0 saturated carbocycles. The molecule has 1 rings (SSSR count). The normalized spacial score (nSPS) is 9.47. The average Bonchev–Trinajstić information content (AvgIpc) is 2.36. The van der Waals surface area contributed by atoms with E-state index in [2.05, 4.69) is 0 Å².